The van der Waals surface area contributed by atoms with Crippen molar-refractivity contribution in [3.05, 3.63) is 32.8 Å². The molecular weight excluding hydrogens is 374 g/mol. The van der Waals surface area contributed by atoms with Crippen molar-refractivity contribution in [3.63, 3.8) is 0 Å². The first-order valence-corrected chi connectivity index (χ1v) is 9.16. The van der Waals surface area contributed by atoms with Gasteiger partial charge in [-0.1, -0.05) is 15.9 Å². The van der Waals surface area contributed by atoms with Gasteiger partial charge in [-0.25, -0.2) is 8.42 Å². The number of hydrogen-bond donors (Lipinski definition) is 1. The summed E-state index contributed by atoms with van der Waals surface area (Å²) in [4.78, 5) is 10.2. The molecule has 1 heterocycles. The number of nitro benzene ring substituents is 1. The zero-order valence-corrected chi connectivity index (χ0v) is 14.5. The third-order valence-electron chi connectivity index (χ3n) is 3.90. The summed E-state index contributed by atoms with van der Waals surface area (Å²) >= 11 is 3.13. The molecule has 7 nitrogen and oxygen atoms in total. The Kier molecular flexibility index (Phi) is 5.21. The van der Waals surface area contributed by atoms with Crippen molar-refractivity contribution in [2.45, 2.75) is 30.7 Å². The second-order valence-corrected chi connectivity index (χ2v) is 8.32. The first-order chi connectivity index (χ1) is 10.2. The van der Waals surface area contributed by atoms with Crippen LogP contribution < -0.4 is 5.73 Å². The molecule has 0 radical (unpaired) electrons. The van der Waals surface area contributed by atoms with Crippen molar-refractivity contribution < 1.29 is 13.3 Å². The van der Waals surface area contributed by atoms with Gasteiger partial charge in [0.1, 0.15) is 0 Å². The molecule has 0 aliphatic carbocycles. The molecule has 1 aromatic carbocycles. The van der Waals surface area contributed by atoms with E-state index in [1.165, 1.54) is 22.5 Å². The molecule has 1 fully saturated rings. The Morgan fingerprint density at radius 3 is 2.77 bits per heavy atom. The summed E-state index contributed by atoms with van der Waals surface area (Å²) < 4.78 is 27.3. The summed E-state index contributed by atoms with van der Waals surface area (Å²) in [7, 11) is -3.91. The van der Waals surface area contributed by atoms with Crippen LogP contribution in [0.15, 0.2) is 27.6 Å². The van der Waals surface area contributed by atoms with Crippen molar-refractivity contribution in [1.29, 1.82) is 0 Å². The number of nitrogens with two attached hydrogens (primary N) is 1. The van der Waals surface area contributed by atoms with Gasteiger partial charge in [0.15, 0.2) is 4.90 Å². The molecule has 0 spiro atoms. The van der Waals surface area contributed by atoms with Gasteiger partial charge in [-0.05, 0) is 37.8 Å². The van der Waals surface area contributed by atoms with Gasteiger partial charge in [0.05, 0.1) is 4.92 Å². The second kappa shape index (κ2) is 6.61. The summed E-state index contributed by atoms with van der Waals surface area (Å²) in [5.41, 5.74) is 5.45. The minimum atomic E-state index is -3.91. The fourth-order valence-electron chi connectivity index (χ4n) is 2.61. The highest BCUT2D eigenvalue weighted by Crippen LogP contribution is 2.32. The molecule has 0 amide bonds. The Labute approximate surface area is 137 Å². The lowest BCUT2D eigenvalue weighted by Gasteiger charge is -2.33. The molecule has 1 aromatic rings. The van der Waals surface area contributed by atoms with E-state index in [9.17, 15) is 18.5 Å². The maximum absolute atomic E-state index is 12.8. The van der Waals surface area contributed by atoms with Crippen LogP contribution in [0.4, 0.5) is 5.69 Å². The molecule has 2 atom stereocenters. The molecule has 122 valence electrons. The molecule has 0 bridgehead atoms. The summed E-state index contributed by atoms with van der Waals surface area (Å²) in [6, 6.07) is 3.86. The molecule has 1 aliphatic heterocycles. The van der Waals surface area contributed by atoms with Gasteiger partial charge in [-0.2, -0.15) is 4.31 Å². The highest BCUT2D eigenvalue weighted by molar-refractivity contribution is 9.10. The van der Waals surface area contributed by atoms with Crippen molar-refractivity contribution >= 4 is 31.6 Å². The van der Waals surface area contributed by atoms with Crippen LogP contribution >= 0.6 is 15.9 Å². The van der Waals surface area contributed by atoms with E-state index in [0.717, 1.165) is 6.42 Å². The van der Waals surface area contributed by atoms with E-state index in [2.05, 4.69) is 15.9 Å². The lowest BCUT2D eigenvalue weighted by atomic mass is 9.93. The van der Waals surface area contributed by atoms with Gasteiger partial charge >= 0.3 is 0 Å². The van der Waals surface area contributed by atoms with Crippen LogP contribution in [0.3, 0.4) is 0 Å². The third-order valence-corrected chi connectivity index (χ3v) is 6.31. The smallest absolute Gasteiger partial charge is 0.290 e. The summed E-state index contributed by atoms with van der Waals surface area (Å²) in [6.45, 7) is 2.51. The zero-order chi connectivity index (χ0) is 16.5. The van der Waals surface area contributed by atoms with Gasteiger partial charge in [-0.3, -0.25) is 10.1 Å². The molecule has 1 aliphatic rings. The predicted octanol–water partition coefficient (Wildman–Crippen LogP) is 2.11. The Bertz CT molecular complexity index is 678. The molecule has 0 aromatic heterocycles. The number of rotatable bonds is 4. The first kappa shape index (κ1) is 17.3. The molecule has 9 heteroatoms. The highest BCUT2D eigenvalue weighted by Gasteiger charge is 2.35. The Hall–Kier alpha value is -1.03. The van der Waals surface area contributed by atoms with Gasteiger partial charge in [0.25, 0.3) is 5.69 Å². The number of piperidine rings is 1. The van der Waals surface area contributed by atoms with Crippen LogP contribution in [0.2, 0.25) is 0 Å². The van der Waals surface area contributed by atoms with E-state index in [0.29, 0.717) is 24.0 Å². The molecule has 22 heavy (non-hydrogen) atoms. The molecule has 1 saturated heterocycles. The molecule has 2 N–H and O–H groups in total. The van der Waals surface area contributed by atoms with Crippen LogP contribution in [0, 0.1) is 16.0 Å². The maximum Gasteiger partial charge on any atom is 0.290 e. The zero-order valence-electron chi connectivity index (χ0n) is 12.1. The number of sulfonamides is 1. The van der Waals surface area contributed by atoms with Gasteiger partial charge in [0, 0.05) is 29.7 Å². The number of hydrogen-bond acceptors (Lipinski definition) is 5. The molecular formula is C13H18BrN3O4S. The molecule has 2 unspecified atom stereocenters. The number of benzene rings is 1. The van der Waals surface area contributed by atoms with Crippen LogP contribution in [-0.2, 0) is 10.0 Å². The van der Waals surface area contributed by atoms with E-state index in [4.69, 9.17) is 5.73 Å². The second-order valence-electron chi connectivity index (χ2n) is 5.49. The minimum Gasteiger partial charge on any atom is -0.328 e. The summed E-state index contributed by atoms with van der Waals surface area (Å²) in [5.74, 6) is 0.0676. The first-order valence-electron chi connectivity index (χ1n) is 6.93. The fraction of sp³-hybridized carbons (Fsp3) is 0.538. The standard InChI is InChI=1S/C13H18BrN3O4S/c1-9(15)10-3-2-6-16(8-10)22(20,21)13-5-4-11(14)7-12(13)17(18)19/h4-5,7,9-10H,2-3,6,8,15H2,1H3. The number of nitro groups is 1. The van der Waals surface area contributed by atoms with Crippen LogP contribution in [0.5, 0.6) is 0 Å². The normalized spacial score (nSPS) is 21.5. The van der Waals surface area contributed by atoms with E-state index in [1.54, 1.807) is 0 Å². The average molecular weight is 392 g/mol. The van der Waals surface area contributed by atoms with Crippen LogP contribution in [-0.4, -0.2) is 36.8 Å². The summed E-state index contributed by atoms with van der Waals surface area (Å²) in [6.07, 6.45) is 1.57. The Morgan fingerprint density at radius 1 is 1.50 bits per heavy atom. The molecule has 0 saturated carbocycles. The van der Waals surface area contributed by atoms with Crippen LogP contribution in [0.25, 0.3) is 0 Å². The minimum absolute atomic E-state index is 0.0676. The van der Waals surface area contributed by atoms with Crippen molar-refractivity contribution in [3.8, 4) is 0 Å². The highest BCUT2D eigenvalue weighted by atomic mass is 79.9. The fourth-order valence-corrected chi connectivity index (χ4v) is 4.63. The number of nitrogens with zero attached hydrogens (tertiary/aromatic N) is 2. The maximum atomic E-state index is 12.8. The van der Waals surface area contributed by atoms with Gasteiger partial charge in [0.2, 0.25) is 10.0 Å². The lowest BCUT2D eigenvalue weighted by molar-refractivity contribution is -0.387. The third kappa shape index (κ3) is 3.48. The monoisotopic (exact) mass is 391 g/mol. The van der Waals surface area contributed by atoms with Crippen molar-refractivity contribution in [2.75, 3.05) is 13.1 Å². The summed E-state index contributed by atoms with van der Waals surface area (Å²) in [5, 5.41) is 11.2. The van der Waals surface area contributed by atoms with Crippen LogP contribution in [0.1, 0.15) is 19.8 Å². The lowest BCUT2D eigenvalue weighted by Crippen LogP contribution is -2.45. The van der Waals surface area contributed by atoms with Crippen molar-refractivity contribution in [2.24, 2.45) is 11.7 Å². The predicted molar refractivity (Wildman–Crippen MR) is 85.9 cm³/mol. The van der Waals surface area contributed by atoms with E-state index in [-0.39, 0.29) is 16.9 Å². The average Bonchev–Trinajstić information content (AvgIpc) is 2.46. The van der Waals surface area contributed by atoms with Gasteiger partial charge in [-0.15, -0.1) is 0 Å². The van der Waals surface area contributed by atoms with E-state index in [1.807, 2.05) is 6.92 Å². The van der Waals surface area contributed by atoms with E-state index < -0.39 is 20.6 Å². The topological polar surface area (TPSA) is 107 Å². The quantitative estimate of drug-likeness (QED) is 0.624. The van der Waals surface area contributed by atoms with E-state index >= 15 is 0 Å². The Balaban J connectivity index is 2.40. The SMILES string of the molecule is CC(N)C1CCCN(S(=O)(=O)c2ccc(Br)cc2[N+](=O)[O-])C1. The van der Waals surface area contributed by atoms with Gasteiger partial charge < -0.3 is 5.73 Å². The van der Waals surface area contributed by atoms with Crippen molar-refractivity contribution in [1.82, 2.24) is 4.31 Å². The largest absolute Gasteiger partial charge is 0.328 e. The molecule has 2 rings (SSSR count). The Morgan fingerprint density at radius 2 is 2.18 bits per heavy atom. The number of halogens is 1.